The number of hydrogen-bond acceptors (Lipinski definition) is 6. The van der Waals surface area contributed by atoms with Crippen LogP contribution in [-0.2, 0) is 0 Å². The molecule has 4 rings (SSSR count). The molecule has 2 heterocycles. The fourth-order valence-corrected chi connectivity index (χ4v) is 3.67. The summed E-state index contributed by atoms with van der Waals surface area (Å²) in [5.74, 6) is 0.996. The van der Waals surface area contributed by atoms with Gasteiger partial charge in [-0.15, -0.1) is 0 Å². The fourth-order valence-electron chi connectivity index (χ4n) is 3.67. The lowest BCUT2D eigenvalue weighted by molar-refractivity contribution is -0.384. The smallest absolute Gasteiger partial charge is 0.270 e. The summed E-state index contributed by atoms with van der Waals surface area (Å²) in [6.07, 6.45) is -0.838. The molecule has 0 spiro atoms. The van der Waals surface area contributed by atoms with Gasteiger partial charge < -0.3 is 10.1 Å². The average molecular weight is 398 g/mol. The molecule has 0 saturated carbocycles. The Morgan fingerprint density at radius 1 is 1.31 bits per heavy atom. The normalized spacial score (nSPS) is 18.9. The van der Waals surface area contributed by atoms with Crippen LogP contribution in [0, 0.1) is 17.0 Å². The minimum atomic E-state index is -1.03. The van der Waals surface area contributed by atoms with Crippen LogP contribution in [0.1, 0.15) is 23.9 Å². The maximum atomic E-state index is 13.9. The number of nitro groups is 1. The molecule has 150 valence electrons. The minimum Gasteiger partial charge on any atom is -0.497 e. The summed E-state index contributed by atoms with van der Waals surface area (Å²) in [5.41, 5.74) is 0.805. The van der Waals surface area contributed by atoms with Crippen molar-refractivity contribution in [1.82, 2.24) is 14.9 Å². The Bertz CT molecular complexity index is 1160. The highest BCUT2D eigenvalue weighted by molar-refractivity contribution is 5.84. The van der Waals surface area contributed by atoms with Crippen molar-refractivity contribution in [3.05, 3.63) is 68.3 Å². The van der Waals surface area contributed by atoms with Gasteiger partial charge in [0.25, 0.3) is 11.2 Å². The first-order chi connectivity index (χ1) is 13.9. The van der Waals surface area contributed by atoms with Gasteiger partial charge in [-0.3, -0.25) is 19.5 Å². The maximum Gasteiger partial charge on any atom is 0.270 e. The first kappa shape index (κ1) is 19.0. The highest BCUT2D eigenvalue weighted by atomic mass is 19.1. The van der Waals surface area contributed by atoms with Crippen molar-refractivity contribution in [3.63, 3.8) is 0 Å². The lowest BCUT2D eigenvalue weighted by atomic mass is 10.1. The summed E-state index contributed by atoms with van der Waals surface area (Å²) >= 11 is 0. The second-order valence-corrected chi connectivity index (χ2v) is 7.02. The summed E-state index contributed by atoms with van der Waals surface area (Å²) in [6.45, 7) is 1.85. The van der Waals surface area contributed by atoms with Crippen molar-refractivity contribution >= 4 is 16.6 Å². The van der Waals surface area contributed by atoms with Gasteiger partial charge in [0.05, 0.1) is 34.7 Å². The van der Waals surface area contributed by atoms with Crippen LogP contribution in [-0.4, -0.2) is 34.3 Å². The number of halogens is 1. The van der Waals surface area contributed by atoms with E-state index < -0.39 is 22.7 Å². The molecule has 0 radical (unpaired) electrons. The van der Waals surface area contributed by atoms with E-state index in [9.17, 15) is 19.3 Å². The molecular formula is C20H19FN4O4. The van der Waals surface area contributed by atoms with Crippen molar-refractivity contribution in [1.29, 1.82) is 0 Å². The van der Waals surface area contributed by atoms with E-state index in [1.807, 2.05) is 0 Å². The van der Waals surface area contributed by atoms with Crippen LogP contribution in [0.25, 0.3) is 16.6 Å². The molecule has 0 amide bonds. The maximum absolute atomic E-state index is 13.9. The number of rotatable bonds is 4. The third-order valence-corrected chi connectivity index (χ3v) is 5.10. The molecule has 3 aromatic rings. The highest BCUT2D eigenvalue weighted by Gasteiger charge is 2.30. The second-order valence-electron chi connectivity index (χ2n) is 7.02. The molecule has 8 nitrogen and oxygen atoms in total. The molecule has 0 bridgehead atoms. The predicted octanol–water partition coefficient (Wildman–Crippen LogP) is 2.98. The van der Waals surface area contributed by atoms with E-state index in [0.717, 1.165) is 0 Å². The molecule has 2 atom stereocenters. The van der Waals surface area contributed by atoms with Crippen LogP contribution in [0.2, 0.25) is 0 Å². The largest absolute Gasteiger partial charge is 0.497 e. The molecule has 2 aromatic carbocycles. The van der Waals surface area contributed by atoms with Gasteiger partial charge in [0.2, 0.25) is 0 Å². The number of methoxy groups -OCH3 is 1. The zero-order valence-corrected chi connectivity index (χ0v) is 15.9. The van der Waals surface area contributed by atoms with E-state index in [4.69, 9.17) is 4.74 Å². The van der Waals surface area contributed by atoms with Gasteiger partial charge in [-0.2, -0.15) is 0 Å². The Labute approximate surface area is 165 Å². The zero-order chi connectivity index (χ0) is 20.7. The van der Waals surface area contributed by atoms with Gasteiger partial charge in [0.15, 0.2) is 0 Å². The van der Waals surface area contributed by atoms with Crippen LogP contribution in [0.3, 0.4) is 0 Å². The molecule has 0 aliphatic carbocycles. The van der Waals surface area contributed by atoms with Gasteiger partial charge in [0.1, 0.15) is 17.7 Å². The Morgan fingerprint density at radius 2 is 2.03 bits per heavy atom. The van der Waals surface area contributed by atoms with E-state index in [2.05, 4.69) is 10.3 Å². The van der Waals surface area contributed by atoms with Gasteiger partial charge >= 0.3 is 0 Å². The van der Waals surface area contributed by atoms with Crippen LogP contribution >= 0.6 is 0 Å². The zero-order valence-electron chi connectivity index (χ0n) is 15.9. The van der Waals surface area contributed by atoms with E-state index >= 15 is 0 Å². The number of aryl methyl sites for hydroxylation is 1. The Morgan fingerprint density at radius 3 is 2.62 bits per heavy atom. The average Bonchev–Trinajstić information content (AvgIpc) is 3.14. The second kappa shape index (κ2) is 7.25. The SMILES string of the molecule is COc1ccc(-n2c(C3C[C@H](F)CN3)nc3c(C)cc([N+](=O)[O-])cc3c2=O)cc1. The van der Waals surface area contributed by atoms with Crippen molar-refractivity contribution in [2.75, 3.05) is 13.7 Å². The summed E-state index contributed by atoms with van der Waals surface area (Å²) in [6, 6.07) is 8.98. The van der Waals surface area contributed by atoms with Crippen molar-refractivity contribution in [3.8, 4) is 11.4 Å². The molecule has 1 aliphatic rings. The summed E-state index contributed by atoms with van der Waals surface area (Å²) in [4.78, 5) is 28.8. The molecule has 1 aromatic heterocycles. The molecule has 1 unspecified atom stereocenters. The lowest BCUT2D eigenvalue weighted by Crippen LogP contribution is -2.29. The molecule has 29 heavy (non-hydrogen) atoms. The first-order valence-corrected chi connectivity index (χ1v) is 9.12. The molecule has 1 N–H and O–H groups in total. The van der Waals surface area contributed by atoms with Crippen molar-refractivity contribution < 1.29 is 14.1 Å². The third kappa shape index (κ3) is 3.33. The number of non-ortho nitro benzene ring substituents is 1. The quantitative estimate of drug-likeness (QED) is 0.536. The summed E-state index contributed by atoms with van der Waals surface area (Å²) in [7, 11) is 1.54. The van der Waals surface area contributed by atoms with E-state index in [0.29, 0.717) is 28.3 Å². The van der Waals surface area contributed by atoms with E-state index in [1.54, 1.807) is 31.2 Å². The van der Waals surface area contributed by atoms with Crippen LogP contribution in [0.4, 0.5) is 10.1 Å². The molecule has 1 saturated heterocycles. The monoisotopic (exact) mass is 398 g/mol. The number of fused-ring (bicyclic) bond motifs is 1. The Kier molecular flexibility index (Phi) is 4.75. The number of aromatic nitrogens is 2. The van der Waals surface area contributed by atoms with Crippen molar-refractivity contribution in [2.45, 2.75) is 25.6 Å². The van der Waals surface area contributed by atoms with Crippen LogP contribution in [0.15, 0.2) is 41.2 Å². The van der Waals surface area contributed by atoms with Crippen LogP contribution < -0.4 is 15.6 Å². The van der Waals surface area contributed by atoms with Gasteiger partial charge in [0, 0.05) is 25.1 Å². The number of ether oxygens (including phenoxy) is 1. The fraction of sp³-hybridized carbons (Fsp3) is 0.300. The first-order valence-electron chi connectivity index (χ1n) is 9.12. The molecule has 1 aliphatic heterocycles. The summed E-state index contributed by atoms with van der Waals surface area (Å²) in [5, 5.41) is 14.5. The third-order valence-electron chi connectivity index (χ3n) is 5.10. The van der Waals surface area contributed by atoms with Crippen LogP contribution in [0.5, 0.6) is 5.75 Å². The molecule has 9 heteroatoms. The Hall–Kier alpha value is -3.33. The van der Waals surface area contributed by atoms with Gasteiger partial charge in [-0.25, -0.2) is 9.37 Å². The number of hydrogen-bond donors (Lipinski definition) is 1. The van der Waals surface area contributed by atoms with Gasteiger partial charge in [-0.05, 0) is 36.8 Å². The van der Waals surface area contributed by atoms with Gasteiger partial charge in [-0.1, -0.05) is 0 Å². The van der Waals surface area contributed by atoms with E-state index in [1.165, 1.54) is 23.8 Å². The lowest BCUT2D eigenvalue weighted by Gasteiger charge is -2.19. The predicted molar refractivity (Wildman–Crippen MR) is 106 cm³/mol. The number of nitrogens with one attached hydrogen (secondary N) is 1. The number of nitro benzene ring substituents is 1. The van der Waals surface area contributed by atoms with Crippen molar-refractivity contribution in [2.24, 2.45) is 0 Å². The molecular weight excluding hydrogens is 379 g/mol. The highest BCUT2D eigenvalue weighted by Crippen LogP contribution is 2.29. The van der Waals surface area contributed by atoms with E-state index in [-0.39, 0.29) is 24.0 Å². The summed E-state index contributed by atoms with van der Waals surface area (Å²) < 4.78 is 20.4. The molecule has 1 fully saturated rings. The minimum absolute atomic E-state index is 0.145. The standard InChI is InChI=1S/C20H19FN4O4/c1-11-7-14(25(27)28)9-16-18(11)23-19(17-8-12(21)10-22-17)24(20(16)26)13-3-5-15(29-2)6-4-13/h3-7,9,12,17,22H,8,10H2,1-2H3/t12-,17?/m0/s1. The topological polar surface area (TPSA) is 99.3 Å². The number of nitrogens with zero attached hydrogens (tertiary/aromatic N) is 3. The number of benzene rings is 2. The Balaban J connectivity index is 2.02. The number of alkyl halides is 1.